The van der Waals surface area contributed by atoms with E-state index in [0.717, 1.165) is 18.2 Å². The van der Waals surface area contributed by atoms with Crippen LogP contribution in [0.3, 0.4) is 0 Å². The minimum atomic E-state index is -5.23. The van der Waals surface area contributed by atoms with Crippen molar-refractivity contribution in [3.63, 3.8) is 0 Å². The maximum absolute atomic E-state index is 12.8. The molecule has 0 aliphatic carbocycles. The monoisotopic (exact) mass is 508 g/mol. The molecular formula is C20H20ClF3N2O6S. The van der Waals surface area contributed by atoms with Crippen molar-refractivity contribution in [3.8, 4) is 5.75 Å². The Balaban J connectivity index is 2.21. The lowest BCUT2D eigenvalue weighted by molar-refractivity contribution is -0.242. The number of anilines is 1. The van der Waals surface area contributed by atoms with Crippen LogP contribution in [0, 0.1) is 0 Å². The summed E-state index contributed by atoms with van der Waals surface area (Å²) < 4.78 is 69.3. The van der Waals surface area contributed by atoms with Crippen LogP contribution in [-0.2, 0) is 19.4 Å². The fourth-order valence-electron chi connectivity index (χ4n) is 2.26. The fraction of sp³-hybridized carbons (Fsp3) is 0.300. The van der Waals surface area contributed by atoms with Crippen molar-refractivity contribution < 1.29 is 41.0 Å². The number of likely N-dealkylation sites (N-methyl/N-ethyl adjacent to an activating group) is 1. The zero-order valence-corrected chi connectivity index (χ0v) is 19.2. The smallest absolute Gasteiger partial charge is 0.426 e. The highest BCUT2D eigenvalue weighted by Crippen LogP contribution is 2.33. The summed E-state index contributed by atoms with van der Waals surface area (Å²) in [5, 5.41) is 10.9. The third-order valence-electron chi connectivity index (χ3n) is 4.49. The zero-order chi connectivity index (χ0) is 25.2. The number of nitrogens with one attached hydrogen (secondary N) is 1. The third-order valence-corrected chi connectivity index (χ3v) is 6.57. The first kappa shape index (κ1) is 26.4. The number of hydrogen-bond acceptors (Lipinski definition) is 6. The summed E-state index contributed by atoms with van der Waals surface area (Å²) in [5.74, 6) is -1.81. The predicted molar refractivity (Wildman–Crippen MR) is 113 cm³/mol. The molecule has 0 heterocycles. The van der Waals surface area contributed by atoms with Gasteiger partial charge in [0.25, 0.3) is 11.8 Å². The third kappa shape index (κ3) is 5.95. The highest BCUT2D eigenvalue weighted by Gasteiger charge is 2.55. The zero-order valence-electron chi connectivity index (χ0n) is 17.6. The second-order valence-corrected chi connectivity index (χ2v) is 9.57. The normalized spacial score (nSPS) is 13.7. The number of rotatable bonds is 7. The minimum Gasteiger partial charge on any atom is -0.484 e. The molecule has 0 spiro atoms. The Morgan fingerprint density at radius 3 is 2.12 bits per heavy atom. The van der Waals surface area contributed by atoms with Crippen LogP contribution in [0.25, 0.3) is 0 Å². The van der Waals surface area contributed by atoms with Gasteiger partial charge < -0.3 is 20.1 Å². The van der Waals surface area contributed by atoms with E-state index in [1.165, 1.54) is 29.2 Å². The molecule has 0 radical (unpaired) electrons. The predicted octanol–water partition coefficient (Wildman–Crippen LogP) is 2.89. The minimum absolute atomic E-state index is 0.137. The molecule has 0 saturated carbocycles. The number of carbonyl (C=O) groups excluding carboxylic acids is 2. The maximum atomic E-state index is 12.8. The number of nitrogens with zero attached hydrogens (tertiary/aromatic N) is 1. The van der Waals surface area contributed by atoms with Crippen molar-refractivity contribution in [2.75, 3.05) is 26.0 Å². The van der Waals surface area contributed by atoms with Gasteiger partial charge in [0.2, 0.25) is 15.4 Å². The van der Waals surface area contributed by atoms with Gasteiger partial charge in [0.15, 0.2) is 6.61 Å². The van der Waals surface area contributed by atoms with Gasteiger partial charge in [-0.05, 0) is 49.4 Å². The van der Waals surface area contributed by atoms with E-state index in [-0.39, 0.29) is 45.7 Å². The van der Waals surface area contributed by atoms with Gasteiger partial charge in [-0.25, -0.2) is 8.42 Å². The summed E-state index contributed by atoms with van der Waals surface area (Å²) in [6, 6.07) is 8.19. The molecule has 0 aliphatic rings. The van der Waals surface area contributed by atoms with Crippen LogP contribution in [0.1, 0.15) is 6.92 Å². The first-order valence-electron chi connectivity index (χ1n) is 9.15. The summed E-state index contributed by atoms with van der Waals surface area (Å²) >= 11 is 5.96. The average Bonchev–Trinajstić information content (AvgIpc) is 2.72. The standard InChI is InChI=1S/C20H20ClF3N2O6S/c1-19(29,20(22,23)24)18(28)25-16-9-8-14(10-15(16)21)33(30,31)13-6-4-12(5-7-13)32-11-17(27)26(2)3/h4-10,29H,11H2,1-3H3,(H,25,28). The molecule has 0 aromatic heterocycles. The Morgan fingerprint density at radius 2 is 1.64 bits per heavy atom. The number of ether oxygens (including phenoxy) is 1. The second-order valence-electron chi connectivity index (χ2n) is 7.22. The van der Waals surface area contributed by atoms with E-state index in [1.807, 2.05) is 5.32 Å². The Hall–Kier alpha value is -2.83. The van der Waals surface area contributed by atoms with Crippen LogP contribution in [0.2, 0.25) is 5.02 Å². The van der Waals surface area contributed by atoms with E-state index < -0.39 is 27.5 Å². The van der Waals surface area contributed by atoms with Gasteiger partial charge in [0.05, 0.1) is 20.5 Å². The lowest BCUT2D eigenvalue weighted by atomic mass is 10.1. The topological polar surface area (TPSA) is 113 Å². The Bertz CT molecular complexity index is 1150. The molecule has 1 atom stereocenters. The van der Waals surface area contributed by atoms with Crippen molar-refractivity contribution in [1.29, 1.82) is 0 Å². The molecule has 180 valence electrons. The Labute approximate surface area is 192 Å². The lowest BCUT2D eigenvalue weighted by Crippen LogP contribution is -2.52. The highest BCUT2D eigenvalue weighted by atomic mass is 35.5. The molecule has 0 saturated heterocycles. The van der Waals surface area contributed by atoms with E-state index in [0.29, 0.717) is 0 Å². The molecule has 0 bridgehead atoms. The molecule has 8 nitrogen and oxygen atoms in total. The first-order chi connectivity index (χ1) is 15.1. The summed E-state index contributed by atoms with van der Waals surface area (Å²) in [4.78, 5) is 24.3. The number of halogens is 4. The van der Waals surface area contributed by atoms with Gasteiger partial charge in [0, 0.05) is 14.1 Å². The highest BCUT2D eigenvalue weighted by molar-refractivity contribution is 7.91. The van der Waals surface area contributed by atoms with Crippen LogP contribution in [-0.4, -0.2) is 62.7 Å². The molecule has 2 rings (SSSR count). The number of sulfone groups is 1. The number of alkyl halides is 3. The largest absolute Gasteiger partial charge is 0.484 e. The van der Waals surface area contributed by atoms with E-state index in [2.05, 4.69) is 0 Å². The molecule has 13 heteroatoms. The first-order valence-corrected chi connectivity index (χ1v) is 11.0. The van der Waals surface area contributed by atoms with Gasteiger partial charge in [-0.2, -0.15) is 13.2 Å². The maximum Gasteiger partial charge on any atom is 0.426 e. The van der Waals surface area contributed by atoms with Crippen LogP contribution >= 0.6 is 11.6 Å². The van der Waals surface area contributed by atoms with E-state index >= 15 is 0 Å². The molecule has 2 amide bonds. The van der Waals surface area contributed by atoms with Crippen LogP contribution in [0.15, 0.2) is 52.3 Å². The summed E-state index contributed by atoms with van der Waals surface area (Å²) in [7, 11) is -0.962. The van der Waals surface area contributed by atoms with Gasteiger partial charge in [-0.3, -0.25) is 9.59 Å². The van der Waals surface area contributed by atoms with Crippen molar-refractivity contribution >= 4 is 38.9 Å². The van der Waals surface area contributed by atoms with Crippen molar-refractivity contribution in [3.05, 3.63) is 47.5 Å². The lowest BCUT2D eigenvalue weighted by Gasteiger charge is -2.25. The summed E-state index contributed by atoms with van der Waals surface area (Å²) in [6.45, 7) is 0.0436. The second kappa shape index (κ2) is 9.57. The van der Waals surface area contributed by atoms with Gasteiger partial charge >= 0.3 is 6.18 Å². The number of aliphatic hydroxyl groups is 1. The molecule has 2 N–H and O–H groups in total. The molecule has 0 fully saturated rings. The molecule has 0 aliphatic heterocycles. The molecule has 2 aromatic rings. The quantitative estimate of drug-likeness (QED) is 0.594. The number of amides is 2. The summed E-state index contributed by atoms with van der Waals surface area (Å²) in [5.41, 5.74) is -4.00. The summed E-state index contributed by atoms with van der Waals surface area (Å²) in [6.07, 6.45) is -5.23. The number of carbonyl (C=O) groups is 2. The Kier molecular flexibility index (Phi) is 7.67. The van der Waals surface area contributed by atoms with Crippen molar-refractivity contribution in [2.45, 2.75) is 28.5 Å². The molecular weight excluding hydrogens is 489 g/mol. The Morgan fingerprint density at radius 1 is 1.09 bits per heavy atom. The van der Waals surface area contributed by atoms with E-state index in [4.69, 9.17) is 16.3 Å². The fourth-order valence-corrected chi connectivity index (χ4v) is 3.84. The van der Waals surface area contributed by atoms with Crippen LogP contribution in [0.5, 0.6) is 5.75 Å². The van der Waals surface area contributed by atoms with Gasteiger partial charge in [0.1, 0.15) is 5.75 Å². The number of hydrogen-bond donors (Lipinski definition) is 2. The molecule has 1 unspecified atom stereocenters. The molecule has 2 aromatic carbocycles. The van der Waals surface area contributed by atoms with Crippen molar-refractivity contribution in [2.24, 2.45) is 0 Å². The number of benzene rings is 2. The van der Waals surface area contributed by atoms with E-state index in [9.17, 15) is 36.3 Å². The van der Waals surface area contributed by atoms with Crippen LogP contribution in [0.4, 0.5) is 18.9 Å². The van der Waals surface area contributed by atoms with Crippen molar-refractivity contribution in [1.82, 2.24) is 4.90 Å². The van der Waals surface area contributed by atoms with Gasteiger partial charge in [-0.15, -0.1) is 0 Å². The van der Waals surface area contributed by atoms with Gasteiger partial charge in [-0.1, -0.05) is 11.6 Å². The van der Waals surface area contributed by atoms with E-state index in [1.54, 1.807) is 14.1 Å². The molecule has 33 heavy (non-hydrogen) atoms. The SMILES string of the molecule is CN(C)C(=O)COc1ccc(S(=O)(=O)c2ccc(NC(=O)C(C)(O)C(F)(F)F)c(Cl)c2)cc1. The van der Waals surface area contributed by atoms with Crippen LogP contribution < -0.4 is 10.1 Å². The average molecular weight is 509 g/mol.